The van der Waals surface area contributed by atoms with E-state index >= 15 is 0 Å². The summed E-state index contributed by atoms with van der Waals surface area (Å²) >= 11 is 0. The van der Waals surface area contributed by atoms with Gasteiger partial charge in [0.05, 0.1) is 13.2 Å². The van der Waals surface area contributed by atoms with E-state index in [-0.39, 0.29) is 5.41 Å². The SMILES string of the molecule is CC(C)C(CN)C1(c2ccc3c(c2)CCC3)COC1. The zero-order chi connectivity index (χ0) is 13.5. The number of nitrogens with two attached hydrogens (primary N) is 1. The molecule has 0 aromatic heterocycles. The van der Waals surface area contributed by atoms with Crippen molar-refractivity contribution in [2.75, 3.05) is 19.8 Å². The van der Waals surface area contributed by atoms with Gasteiger partial charge in [-0.15, -0.1) is 0 Å². The van der Waals surface area contributed by atoms with Gasteiger partial charge in [0.15, 0.2) is 0 Å². The standard InChI is InChI=1S/C17H25NO/c1-12(2)16(9-18)17(10-19-11-17)15-7-6-13-4-3-5-14(13)8-15/h6-8,12,16H,3-5,9-11,18H2,1-2H3. The molecule has 0 amide bonds. The molecule has 2 heteroatoms. The summed E-state index contributed by atoms with van der Waals surface area (Å²) in [6.07, 6.45) is 3.81. The Bertz CT molecular complexity index is 462. The predicted molar refractivity (Wildman–Crippen MR) is 78.3 cm³/mol. The summed E-state index contributed by atoms with van der Waals surface area (Å²) in [7, 11) is 0. The minimum Gasteiger partial charge on any atom is -0.379 e. The number of hydrogen-bond acceptors (Lipinski definition) is 2. The van der Waals surface area contributed by atoms with Crippen molar-refractivity contribution in [3.05, 3.63) is 34.9 Å². The van der Waals surface area contributed by atoms with Gasteiger partial charge in [0.2, 0.25) is 0 Å². The largest absolute Gasteiger partial charge is 0.379 e. The van der Waals surface area contributed by atoms with Crippen molar-refractivity contribution in [2.24, 2.45) is 17.6 Å². The molecule has 19 heavy (non-hydrogen) atoms. The zero-order valence-corrected chi connectivity index (χ0v) is 12.1. The molecule has 1 fully saturated rings. The fourth-order valence-corrected chi connectivity index (χ4v) is 3.93. The first-order valence-electron chi connectivity index (χ1n) is 7.57. The lowest BCUT2D eigenvalue weighted by molar-refractivity contribution is -0.0982. The minimum absolute atomic E-state index is 0.167. The van der Waals surface area contributed by atoms with Crippen LogP contribution >= 0.6 is 0 Å². The van der Waals surface area contributed by atoms with E-state index in [1.54, 1.807) is 11.1 Å². The first kappa shape index (κ1) is 13.1. The van der Waals surface area contributed by atoms with E-state index in [2.05, 4.69) is 32.0 Å². The smallest absolute Gasteiger partial charge is 0.0588 e. The van der Waals surface area contributed by atoms with Gasteiger partial charge in [0.1, 0.15) is 0 Å². The fraction of sp³-hybridized carbons (Fsp3) is 0.647. The average Bonchev–Trinajstić information content (AvgIpc) is 2.79. The van der Waals surface area contributed by atoms with Crippen LogP contribution in [0.25, 0.3) is 0 Å². The highest BCUT2D eigenvalue weighted by Crippen LogP contribution is 2.43. The fourth-order valence-electron chi connectivity index (χ4n) is 3.93. The molecule has 3 rings (SSSR count). The maximum absolute atomic E-state index is 6.06. The van der Waals surface area contributed by atoms with E-state index in [4.69, 9.17) is 10.5 Å². The molecule has 104 valence electrons. The number of aryl methyl sites for hydroxylation is 2. The molecule has 1 aromatic rings. The van der Waals surface area contributed by atoms with E-state index in [1.165, 1.54) is 24.8 Å². The molecule has 2 nitrogen and oxygen atoms in total. The van der Waals surface area contributed by atoms with Crippen molar-refractivity contribution >= 4 is 0 Å². The lowest BCUT2D eigenvalue weighted by Crippen LogP contribution is -2.56. The lowest BCUT2D eigenvalue weighted by Gasteiger charge is -2.49. The molecule has 1 atom stereocenters. The Labute approximate surface area is 116 Å². The van der Waals surface area contributed by atoms with Gasteiger partial charge >= 0.3 is 0 Å². The molecule has 0 spiro atoms. The molecule has 1 aliphatic heterocycles. The Hall–Kier alpha value is -0.860. The van der Waals surface area contributed by atoms with Gasteiger partial charge in [-0.3, -0.25) is 0 Å². The van der Waals surface area contributed by atoms with Gasteiger partial charge < -0.3 is 10.5 Å². The zero-order valence-electron chi connectivity index (χ0n) is 12.1. The quantitative estimate of drug-likeness (QED) is 0.902. The maximum atomic E-state index is 6.06. The highest BCUT2D eigenvalue weighted by atomic mass is 16.5. The Morgan fingerprint density at radius 2 is 1.95 bits per heavy atom. The molecule has 2 aliphatic rings. The van der Waals surface area contributed by atoms with Crippen LogP contribution in [0.2, 0.25) is 0 Å². The monoisotopic (exact) mass is 259 g/mol. The van der Waals surface area contributed by atoms with Gasteiger partial charge in [0, 0.05) is 5.41 Å². The third-order valence-electron chi connectivity index (χ3n) is 5.16. The van der Waals surface area contributed by atoms with E-state index in [9.17, 15) is 0 Å². The van der Waals surface area contributed by atoms with Crippen molar-refractivity contribution in [2.45, 2.75) is 38.5 Å². The molecule has 1 aliphatic carbocycles. The van der Waals surface area contributed by atoms with E-state index < -0.39 is 0 Å². The van der Waals surface area contributed by atoms with E-state index in [0.717, 1.165) is 19.8 Å². The number of benzene rings is 1. The van der Waals surface area contributed by atoms with Crippen LogP contribution in [-0.4, -0.2) is 19.8 Å². The van der Waals surface area contributed by atoms with Gasteiger partial charge in [-0.2, -0.15) is 0 Å². The van der Waals surface area contributed by atoms with Crippen molar-refractivity contribution < 1.29 is 4.74 Å². The highest BCUT2D eigenvalue weighted by Gasteiger charge is 2.47. The topological polar surface area (TPSA) is 35.2 Å². The Morgan fingerprint density at radius 3 is 2.53 bits per heavy atom. The molecule has 0 radical (unpaired) electrons. The molecule has 0 bridgehead atoms. The van der Waals surface area contributed by atoms with Crippen LogP contribution < -0.4 is 5.73 Å². The van der Waals surface area contributed by atoms with Crippen LogP contribution in [0.5, 0.6) is 0 Å². The first-order chi connectivity index (χ1) is 9.17. The van der Waals surface area contributed by atoms with Crippen molar-refractivity contribution in [3.8, 4) is 0 Å². The number of ether oxygens (including phenoxy) is 1. The summed E-state index contributed by atoms with van der Waals surface area (Å²) in [6, 6.07) is 7.11. The molecule has 1 saturated heterocycles. The predicted octanol–water partition coefficient (Wildman–Crippen LogP) is 2.67. The summed E-state index contributed by atoms with van der Waals surface area (Å²) in [6.45, 7) is 6.99. The van der Waals surface area contributed by atoms with Crippen LogP contribution in [0.3, 0.4) is 0 Å². The number of rotatable bonds is 4. The lowest BCUT2D eigenvalue weighted by atomic mass is 9.64. The summed E-state index contributed by atoms with van der Waals surface area (Å²) in [5, 5.41) is 0. The van der Waals surface area contributed by atoms with Gasteiger partial charge in [-0.25, -0.2) is 0 Å². The average molecular weight is 259 g/mol. The molecule has 2 N–H and O–H groups in total. The van der Waals surface area contributed by atoms with Crippen molar-refractivity contribution in [3.63, 3.8) is 0 Å². The third kappa shape index (κ3) is 2.02. The second kappa shape index (κ2) is 4.92. The van der Waals surface area contributed by atoms with Crippen LogP contribution in [-0.2, 0) is 23.0 Å². The summed E-state index contributed by atoms with van der Waals surface area (Å²) < 4.78 is 5.59. The van der Waals surface area contributed by atoms with Crippen LogP contribution in [0, 0.1) is 11.8 Å². The number of fused-ring (bicyclic) bond motifs is 1. The molecule has 1 aromatic carbocycles. The van der Waals surface area contributed by atoms with Crippen molar-refractivity contribution in [1.82, 2.24) is 0 Å². The molecule has 0 saturated carbocycles. The van der Waals surface area contributed by atoms with Crippen LogP contribution in [0.4, 0.5) is 0 Å². The maximum Gasteiger partial charge on any atom is 0.0588 e. The molecular formula is C17H25NO. The van der Waals surface area contributed by atoms with Crippen LogP contribution in [0.1, 0.15) is 37.0 Å². The van der Waals surface area contributed by atoms with E-state index in [1.807, 2.05) is 0 Å². The van der Waals surface area contributed by atoms with Gasteiger partial charge in [-0.05, 0) is 54.3 Å². The number of hydrogen-bond donors (Lipinski definition) is 1. The third-order valence-corrected chi connectivity index (χ3v) is 5.16. The first-order valence-corrected chi connectivity index (χ1v) is 7.57. The minimum atomic E-state index is 0.167. The normalized spacial score (nSPS) is 22.1. The second-order valence-corrected chi connectivity index (χ2v) is 6.57. The molecule has 1 heterocycles. The highest BCUT2D eigenvalue weighted by molar-refractivity contribution is 5.40. The molecule has 1 unspecified atom stereocenters. The molecular weight excluding hydrogens is 234 g/mol. The summed E-state index contributed by atoms with van der Waals surface area (Å²) in [5.74, 6) is 1.11. The Kier molecular flexibility index (Phi) is 3.40. The summed E-state index contributed by atoms with van der Waals surface area (Å²) in [4.78, 5) is 0. The Balaban J connectivity index is 1.97. The summed E-state index contributed by atoms with van der Waals surface area (Å²) in [5.41, 5.74) is 10.8. The van der Waals surface area contributed by atoms with Crippen molar-refractivity contribution in [1.29, 1.82) is 0 Å². The second-order valence-electron chi connectivity index (χ2n) is 6.57. The van der Waals surface area contributed by atoms with Gasteiger partial charge in [0.25, 0.3) is 0 Å². The van der Waals surface area contributed by atoms with E-state index in [0.29, 0.717) is 11.8 Å². The van der Waals surface area contributed by atoms with Gasteiger partial charge in [-0.1, -0.05) is 32.0 Å². The Morgan fingerprint density at radius 1 is 1.21 bits per heavy atom. The van der Waals surface area contributed by atoms with Crippen LogP contribution in [0.15, 0.2) is 18.2 Å².